The zero-order valence-corrected chi connectivity index (χ0v) is 10.8. The molecule has 0 amide bonds. The van der Waals surface area contributed by atoms with Gasteiger partial charge in [0.25, 0.3) is 0 Å². The second-order valence-electron chi connectivity index (χ2n) is 3.88. The maximum atomic E-state index is 12.3. The van der Waals surface area contributed by atoms with E-state index in [1.807, 2.05) is 22.5 Å². The second-order valence-corrected chi connectivity index (χ2v) is 5.42. The highest BCUT2D eigenvalue weighted by atomic mass is 32.2. The van der Waals surface area contributed by atoms with Gasteiger partial charge in [0.05, 0.1) is 17.9 Å². The maximum Gasteiger partial charge on any atom is 0.151 e. The van der Waals surface area contributed by atoms with Crippen LogP contribution in [0.1, 0.15) is 32.6 Å². The monoisotopic (exact) mass is 239 g/mol. The van der Waals surface area contributed by atoms with Gasteiger partial charge in [-0.25, -0.2) is 0 Å². The lowest BCUT2D eigenvalue weighted by Gasteiger charge is -2.24. The average Bonchev–Trinajstić information content (AvgIpc) is 2.35. The molecule has 1 aliphatic rings. The van der Waals surface area contributed by atoms with Gasteiger partial charge in [-0.1, -0.05) is 31.6 Å². The number of unbranched alkanes of at least 4 members (excludes halogenated alkanes) is 1. The minimum absolute atomic E-state index is 0.702. The predicted octanol–water partition coefficient (Wildman–Crippen LogP) is 3.17. The van der Waals surface area contributed by atoms with Crippen LogP contribution in [0.4, 0.5) is 0 Å². The first-order valence-electron chi connectivity index (χ1n) is 5.93. The molecule has 0 radical (unpaired) electrons. The van der Waals surface area contributed by atoms with E-state index in [-0.39, 0.29) is 0 Å². The van der Waals surface area contributed by atoms with Crippen molar-refractivity contribution in [2.24, 2.45) is 0 Å². The van der Waals surface area contributed by atoms with Gasteiger partial charge in [0, 0.05) is 13.0 Å². The molecule has 90 valence electrons. The van der Waals surface area contributed by atoms with Gasteiger partial charge >= 0.3 is 0 Å². The Morgan fingerprint density at radius 3 is 3.00 bits per heavy atom. The lowest BCUT2D eigenvalue weighted by Crippen LogP contribution is -2.33. The van der Waals surface area contributed by atoms with Crippen LogP contribution < -0.4 is 0 Å². The van der Waals surface area contributed by atoms with Gasteiger partial charge in [0.2, 0.25) is 0 Å². The molecule has 1 unspecified atom stereocenters. The van der Waals surface area contributed by atoms with E-state index in [0.717, 1.165) is 37.1 Å². The molecule has 2 nitrogen and oxygen atoms in total. The first-order chi connectivity index (χ1) is 7.79. The zero-order chi connectivity index (χ0) is 11.8. The number of hydrogen-bond donors (Lipinski definition) is 0. The highest BCUT2D eigenvalue weighted by molar-refractivity contribution is 7.93. The van der Waals surface area contributed by atoms with Crippen LogP contribution in [0.2, 0.25) is 0 Å². The topological polar surface area (TPSA) is 26.3 Å². The van der Waals surface area contributed by atoms with E-state index in [1.165, 1.54) is 0 Å². The van der Waals surface area contributed by atoms with Gasteiger partial charge in [0.15, 0.2) is 4.91 Å². The molecule has 1 aliphatic carbocycles. The molecule has 0 saturated carbocycles. The second kappa shape index (κ2) is 7.71. The van der Waals surface area contributed by atoms with Gasteiger partial charge in [-0.2, -0.15) is 0 Å². The van der Waals surface area contributed by atoms with Crippen molar-refractivity contribution in [1.82, 2.24) is 4.31 Å². The Bertz CT molecular complexity index is 273. The van der Waals surface area contributed by atoms with Crippen molar-refractivity contribution in [2.45, 2.75) is 32.6 Å². The average molecular weight is 239 g/mol. The first kappa shape index (κ1) is 13.6. The van der Waals surface area contributed by atoms with Crippen molar-refractivity contribution in [3.8, 4) is 0 Å². The van der Waals surface area contributed by atoms with Gasteiger partial charge in [-0.05, 0) is 18.9 Å². The molecule has 0 aromatic heterocycles. The number of allylic oxidation sites excluding steroid dienone is 4. The Hall–Kier alpha value is -0.510. The molecule has 0 aromatic rings. The Morgan fingerprint density at radius 2 is 2.44 bits per heavy atom. The van der Waals surface area contributed by atoms with Crippen LogP contribution in [0.5, 0.6) is 0 Å². The highest BCUT2D eigenvalue weighted by Gasteiger charge is 2.23. The summed E-state index contributed by atoms with van der Waals surface area (Å²) in [6.45, 7) is 7.46. The van der Waals surface area contributed by atoms with E-state index >= 15 is 0 Å². The molecule has 0 spiro atoms. The minimum Gasteiger partial charge on any atom is -0.593 e. The summed E-state index contributed by atoms with van der Waals surface area (Å²) in [4.78, 5) is 1.04. The fourth-order valence-electron chi connectivity index (χ4n) is 1.61. The van der Waals surface area contributed by atoms with Crippen LogP contribution in [-0.2, 0) is 11.4 Å². The van der Waals surface area contributed by atoms with Crippen LogP contribution in [0.25, 0.3) is 0 Å². The summed E-state index contributed by atoms with van der Waals surface area (Å²) in [6.07, 6.45) is 12.1. The van der Waals surface area contributed by atoms with Crippen molar-refractivity contribution in [3.63, 3.8) is 0 Å². The molecular weight excluding hydrogens is 218 g/mol. The molecular formula is C13H21NOS. The number of rotatable bonds is 7. The van der Waals surface area contributed by atoms with E-state index < -0.39 is 11.4 Å². The molecule has 1 atom stereocenters. The molecule has 0 bridgehead atoms. The Labute approximate surface area is 102 Å². The van der Waals surface area contributed by atoms with Crippen LogP contribution in [0.3, 0.4) is 0 Å². The van der Waals surface area contributed by atoms with Crippen molar-refractivity contribution in [2.75, 3.05) is 13.1 Å². The summed E-state index contributed by atoms with van der Waals surface area (Å²) in [5.41, 5.74) is 0. The Morgan fingerprint density at radius 1 is 1.62 bits per heavy atom. The van der Waals surface area contributed by atoms with Crippen molar-refractivity contribution < 1.29 is 4.55 Å². The highest BCUT2D eigenvalue weighted by Crippen LogP contribution is 2.22. The molecule has 1 rings (SSSR count). The third-order valence-electron chi connectivity index (χ3n) is 2.53. The molecule has 16 heavy (non-hydrogen) atoms. The van der Waals surface area contributed by atoms with E-state index in [2.05, 4.69) is 19.6 Å². The summed E-state index contributed by atoms with van der Waals surface area (Å²) in [5, 5.41) is 0. The molecule has 0 aromatic carbocycles. The van der Waals surface area contributed by atoms with Gasteiger partial charge in [0.1, 0.15) is 0 Å². The van der Waals surface area contributed by atoms with Crippen molar-refractivity contribution in [1.29, 1.82) is 0 Å². The molecule has 0 heterocycles. The standard InChI is InChI=1S/C13H21NOS/c1-3-5-12-14(11-4-2)16(15)13-9-7-6-8-10-13/h4,6-7,9H,2-3,5,8,10-12H2,1H3. The SMILES string of the molecule is C=CCN(CCCC)[S+]([O-])C1=CC=CCC1. The quantitative estimate of drug-likeness (QED) is 0.504. The van der Waals surface area contributed by atoms with Gasteiger partial charge in [-0.3, -0.25) is 0 Å². The summed E-state index contributed by atoms with van der Waals surface area (Å²) in [5.74, 6) is 0. The third kappa shape index (κ3) is 4.16. The summed E-state index contributed by atoms with van der Waals surface area (Å²) in [7, 11) is 0. The summed E-state index contributed by atoms with van der Waals surface area (Å²) >= 11 is -0.974. The van der Waals surface area contributed by atoms with Gasteiger partial charge in [-0.15, -0.1) is 10.9 Å². The number of nitrogens with zero attached hydrogens (tertiary/aromatic N) is 1. The van der Waals surface area contributed by atoms with Crippen molar-refractivity contribution in [3.05, 3.63) is 35.8 Å². The van der Waals surface area contributed by atoms with Gasteiger partial charge < -0.3 is 4.55 Å². The molecule has 0 fully saturated rings. The van der Waals surface area contributed by atoms with Crippen LogP contribution in [0.15, 0.2) is 35.8 Å². The maximum absolute atomic E-state index is 12.3. The van der Waals surface area contributed by atoms with E-state index in [1.54, 1.807) is 0 Å². The Kier molecular flexibility index (Phi) is 6.53. The third-order valence-corrected chi connectivity index (χ3v) is 4.12. The van der Waals surface area contributed by atoms with E-state index in [9.17, 15) is 4.55 Å². The lowest BCUT2D eigenvalue weighted by molar-refractivity contribution is 0.436. The van der Waals surface area contributed by atoms with E-state index in [4.69, 9.17) is 0 Å². The van der Waals surface area contributed by atoms with Crippen LogP contribution >= 0.6 is 0 Å². The largest absolute Gasteiger partial charge is 0.593 e. The minimum atomic E-state index is -0.974. The molecule has 0 aliphatic heterocycles. The molecule has 3 heteroatoms. The first-order valence-corrected chi connectivity index (χ1v) is 7.03. The lowest BCUT2D eigenvalue weighted by atomic mass is 10.2. The number of hydrogen-bond acceptors (Lipinski definition) is 2. The molecule has 0 saturated heterocycles. The van der Waals surface area contributed by atoms with Crippen LogP contribution in [-0.4, -0.2) is 21.9 Å². The zero-order valence-electron chi connectivity index (χ0n) is 10.0. The normalized spacial score (nSPS) is 17.3. The smallest absolute Gasteiger partial charge is 0.151 e. The van der Waals surface area contributed by atoms with E-state index in [0.29, 0.717) is 6.54 Å². The Balaban J connectivity index is 2.57. The summed E-state index contributed by atoms with van der Waals surface area (Å²) < 4.78 is 14.3. The fourth-order valence-corrected chi connectivity index (χ4v) is 2.97. The fraction of sp³-hybridized carbons (Fsp3) is 0.538. The van der Waals surface area contributed by atoms with Crippen LogP contribution in [0, 0.1) is 0 Å². The molecule has 0 N–H and O–H groups in total. The van der Waals surface area contributed by atoms with Crippen molar-refractivity contribution >= 4 is 11.4 Å². The predicted molar refractivity (Wildman–Crippen MR) is 71.3 cm³/mol. The summed E-state index contributed by atoms with van der Waals surface area (Å²) in [6, 6.07) is 0.